The highest BCUT2D eigenvalue weighted by molar-refractivity contribution is 7.16. The third-order valence-electron chi connectivity index (χ3n) is 2.82. The Morgan fingerprint density at radius 1 is 1.05 bits per heavy atom. The van der Waals surface area contributed by atoms with Crippen LogP contribution in [-0.4, -0.2) is 11.7 Å². The van der Waals surface area contributed by atoms with Gasteiger partial charge in [-0.2, -0.15) is 0 Å². The molecule has 1 amide bonds. The van der Waals surface area contributed by atoms with Crippen LogP contribution in [0.4, 0.5) is 5.69 Å². The van der Waals surface area contributed by atoms with Crippen LogP contribution >= 0.6 is 11.3 Å². The molecule has 1 aromatic heterocycles. The predicted molar refractivity (Wildman–Crippen MR) is 78.2 cm³/mol. The largest absolute Gasteiger partial charge is 0.321 e. The molecule has 0 aliphatic heterocycles. The van der Waals surface area contributed by atoms with E-state index < -0.39 is 0 Å². The van der Waals surface area contributed by atoms with E-state index in [1.54, 1.807) is 12.1 Å². The number of aryl methyl sites for hydroxylation is 2. The number of carbonyl (C=O) groups excluding carboxylic acids is 2. The van der Waals surface area contributed by atoms with Gasteiger partial charge in [0.05, 0.1) is 9.75 Å². The van der Waals surface area contributed by atoms with Crippen molar-refractivity contribution in [2.45, 2.75) is 20.8 Å². The van der Waals surface area contributed by atoms with Gasteiger partial charge in [-0.15, -0.1) is 11.3 Å². The Kier molecular flexibility index (Phi) is 3.81. The van der Waals surface area contributed by atoms with Crippen molar-refractivity contribution in [1.29, 1.82) is 0 Å². The van der Waals surface area contributed by atoms with E-state index in [2.05, 4.69) is 5.32 Å². The number of hydrogen-bond acceptors (Lipinski definition) is 3. The zero-order valence-electron chi connectivity index (χ0n) is 11.1. The maximum Gasteiger partial charge on any atom is 0.265 e. The van der Waals surface area contributed by atoms with E-state index in [4.69, 9.17) is 0 Å². The summed E-state index contributed by atoms with van der Waals surface area (Å²) in [5.41, 5.74) is 2.92. The van der Waals surface area contributed by atoms with Crippen LogP contribution in [0.5, 0.6) is 0 Å². The van der Waals surface area contributed by atoms with Gasteiger partial charge in [-0.25, -0.2) is 0 Å². The highest BCUT2D eigenvalue weighted by Gasteiger charge is 2.12. The van der Waals surface area contributed by atoms with Crippen molar-refractivity contribution in [3.8, 4) is 0 Å². The Morgan fingerprint density at radius 3 is 2.37 bits per heavy atom. The fourth-order valence-corrected chi connectivity index (χ4v) is 2.50. The van der Waals surface area contributed by atoms with Gasteiger partial charge < -0.3 is 5.32 Å². The number of benzene rings is 1. The zero-order valence-corrected chi connectivity index (χ0v) is 11.9. The van der Waals surface area contributed by atoms with Crippen molar-refractivity contribution in [2.24, 2.45) is 0 Å². The van der Waals surface area contributed by atoms with Crippen LogP contribution in [0.3, 0.4) is 0 Å². The van der Waals surface area contributed by atoms with Crippen molar-refractivity contribution >= 4 is 28.7 Å². The maximum absolute atomic E-state index is 12.1. The number of ketones is 1. The lowest BCUT2D eigenvalue weighted by atomic mass is 10.1. The van der Waals surface area contributed by atoms with Gasteiger partial charge in [0.25, 0.3) is 5.91 Å². The number of amides is 1. The summed E-state index contributed by atoms with van der Waals surface area (Å²) in [5, 5.41) is 2.88. The number of rotatable bonds is 3. The Balaban J connectivity index is 2.20. The molecule has 1 N–H and O–H groups in total. The smallest absolute Gasteiger partial charge is 0.265 e. The van der Waals surface area contributed by atoms with Gasteiger partial charge in [0.15, 0.2) is 5.78 Å². The molecule has 0 saturated carbocycles. The van der Waals surface area contributed by atoms with Gasteiger partial charge >= 0.3 is 0 Å². The molecule has 2 aromatic rings. The average molecular weight is 273 g/mol. The normalized spacial score (nSPS) is 10.3. The number of thiophene rings is 1. The van der Waals surface area contributed by atoms with Gasteiger partial charge in [-0.1, -0.05) is 12.1 Å². The molecule has 0 saturated heterocycles. The third kappa shape index (κ3) is 3.09. The van der Waals surface area contributed by atoms with E-state index in [-0.39, 0.29) is 11.7 Å². The van der Waals surface area contributed by atoms with Crippen molar-refractivity contribution in [3.05, 3.63) is 51.2 Å². The highest BCUT2D eigenvalue weighted by atomic mass is 32.1. The van der Waals surface area contributed by atoms with E-state index in [0.29, 0.717) is 9.75 Å². The highest BCUT2D eigenvalue weighted by Crippen LogP contribution is 2.21. The second-order valence-corrected chi connectivity index (χ2v) is 5.58. The predicted octanol–water partition coefficient (Wildman–Crippen LogP) is 3.82. The van der Waals surface area contributed by atoms with Gasteiger partial charge in [-0.3, -0.25) is 9.59 Å². The molecule has 0 spiro atoms. The molecule has 4 heteroatoms. The molecular weight excluding hydrogens is 258 g/mol. The first-order valence-electron chi connectivity index (χ1n) is 5.97. The first kappa shape index (κ1) is 13.5. The number of anilines is 1. The minimum absolute atomic E-state index is 0.0178. The molecule has 3 nitrogen and oxygen atoms in total. The second-order valence-electron chi connectivity index (χ2n) is 4.49. The van der Waals surface area contributed by atoms with E-state index in [0.717, 1.165) is 16.8 Å². The van der Waals surface area contributed by atoms with Gasteiger partial charge in [-0.05, 0) is 50.1 Å². The summed E-state index contributed by atoms with van der Waals surface area (Å²) in [6.45, 7) is 5.43. The quantitative estimate of drug-likeness (QED) is 0.864. The van der Waals surface area contributed by atoms with E-state index >= 15 is 0 Å². The van der Waals surface area contributed by atoms with Crippen LogP contribution in [-0.2, 0) is 0 Å². The monoisotopic (exact) mass is 273 g/mol. The Labute approximate surface area is 116 Å². The summed E-state index contributed by atoms with van der Waals surface area (Å²) in [5.74, 6) is -0.193. The Morgan fingerprint density at radius 2 is 1.74 bits per heavy atom. The van der Waals surface area contributed by atoms with Crippen LogP contribution in [0, 0.1) is 13.8 Å². The first-order chi connectivity index (χ1) is 8.97. The first-order valence-corrected chi connectivity index (χ1v) is 6.78. The van der Waals surface area contributed by atoms with Gasteiger partial charge in [0.1, 0.15) is 0 Å². The van der Waals surface area contributed by atoms with Crippen LogP contribution in [0.2, 0.25) is 0 Å². The molecule has 1 heterocycles. The standard InChI is InChI=1S/C15H15NO2S/c1-9-4-5-10(2)12(8-9)16-15(18)14-7-6-13(19-14)11(3)17/h4-8H,1-3H3,(H,16,18). The van der Waals surface area contributed by atoms with Crippen molar-refractivity contribution in [1.82, 2.24) is 0 Å². The molecule has 0 aliphatic carbocycles. The third-order valence-corrected chi connectivity index (χ3v) is 4.00. The molecule has 0 unspecified atom stereocenters. The number of Topliss-reactive ketones (excluding diaryl/α,β-unsaturated/α-hetero) is 1. The second kappa shape index (κ2) is 5.36. The molecule has 0 atom stereocenters. The summed E-state index contributed by atoms with van der Waals surface area (Å²) < 4.78 is 0. The minimum Gasteiger partial charge on any atom is -0.321 e. The molecule has 98 valence electrons. The molecular formula is C15H15NO2S. The number of carbonyl (C=O) groups is 2. The molecule has 19 heavy (non-hydrogen) atoms. The lowest BCUT2D eigenvalue weighted by Crippen LogP contribution is -2.11. The lowest BCUT2D eigenvalue weighted by molar-refractivity contribution is 0.101. The summed E-state index contributed by atoms with van der Waals surface area (Å²) >= 11 is 1.22. The van der Waals surface area contributed by atoms with E-state index in [1.165, 1.54) is 18.3 Å². The topological polar surface area (TPSA) is 46.2 Å². The Bertz CT molecular complexity index is 643. The molecule has 0 bridgehead atoms. The fourth-order valence-electron chi connectivity index (χ4n) is 1.70. The summed E-state index contributed by atoms with van der Waals surface area (Å²) in [6, 6.07) is 9.28. The van der Waals surface area contributed by atoms with Crippen molar-refractivity contribution < 1.29 is 9.59 Å². The fraction of sp³-hybridized carbons (Fsp3) is 0.200. The number of hydrogen-bond donors (Lipinski definition) is 1. The maximum atomic E-state index is 12.1. The summed E-state index contributed by atoms with van der Waals surface area (Å²) in [4.78, 5) is 24.5. The molecule has 0 fully saturated rings. The van der Waals surface area contributed by atoms with Gasteiger partial charge in [0, 0.05) is 5.69 Å². The molecule has 0 radical (unpaired) electrons. The van der Waals surface area contributed by atoms with Crippen LogP contribution in [0.15, 0.2) is 30.3 Å². The van der Waals surface area contributed by atoms with Crippen molar-refractivity contribution in [3.63, 3.8) is 0 Å². The molecule has 2 rings (SSSR count). The van der Waals surface area contributed by atoms with Gasteiger partial charge in [0.2, 0.25) is 0 Å². The van der Waals surface area contributed by atoms with Crippen LogP contribution in [0.1, 0.15) is 37.4 Å². The van der Waals surface area contributed by atoms with E-state index in [9.17, 15) is 9.59 Å². The van der Waals surface area contributed by atoms with E-state index in [1.807, 2.05) is 32.0 Å². The van der Waals surface area contributed by atoms with Crippen LogP contribution in [0.25, 0.3) is 0 Å². The Hall–Kier alpha value is -1.94. The zero-order chi connectivity index (χ0) is 14.0. The average Bonchev–Trinajstić information content (AvgIpc) is 2.83. The molecule has 1 aromatic carbocycles. The minimum atomic E-state index is -0.175. The number of nitrogens with one attached hydrogen (secondary N) is 1. The van der Waals surface area contributed by atoms with Crippen LogP contribution < -0.4 is 5.32 Å². The summed E-state index contributed by atoms with van der Waals surface area (Å²) in [7, 11) is 0. The molecule has 0 aliphatic rings. The van der Waals surface area contributed by atoms with Crippen molar-refractivity contribution in [2.75, 3.05) is 5.32 Å². The lowest BCUT2D eigenvalue weighted by Gasteiger charge is -2.08. The SMILES string of the molecule is CC(=O)c1ccc(C(=O)Nc2cc(C)ccc2C)s1. The summed E-state index contributed by atoms with van der Waals surface area (Å²) in [6.07, 6.45) is 0.